The number of aromatic amines is 1. The SMILES string of the molecule is Cc1ccc(N(C)c2ncnc3nc[nH]c23)cc1. The van der Waals surface area contributed by atoms with Crippen molar-refractivity contribution in [2.45, 2.75) is 6.92 Å². The molecule has 0 fully saturated rings. The quantitative estimate of drug-likeness (QED) is 0.746. The molecule has 0 aliphatic heterocycles. The van der Waals surface area contributed by atoms with Crippen LogP contribution in [0.2, 0.25) is 0 Å². The molecule has 0 radical (unpaired) electrons. The van der Waals surface area contributed by atoms with Gasteiger partial charge in [0.25, 0.3) is 0 Å². The monoisotopic (exact) mass is 239 g/mol. The third kappa shape index (κ3) is 1.69. The van der Waals surface area contributed by atoms with Crippen molar-refractivity contribution in [1.29, 1.82) is 0 Å². The topological polar surface area (TPSA) is 57.7 Å². The molecule has 0 aliphatic rings. The highest BCUT2D eigenvalue weighted by atomic mass is 15.2. The van der Waals surface area contributed by atoms with Gasteiger partial charge in [-0.15, -0.1) is 0 Å². The summed E-state index contributed by atoms with van der Waals surface area (Å²) < 4.78 is 0. The molecular formula is C13H13N5. The molecule has 3 rings (SSSR count). The number of H-pyrrole nitrogens is 1. The zero-order chi connectivity index (χ0) is 12.5. The Morgan fingerprint density at radius 1 is 1.06 bits per heavy atom. The Hall–Kier alpha value is -2.43. The number of aryl methyl sites for hydroxylation is 1. The van der Waals surface area contributed by atoms with E-state index in [-0.39, 0.29) is 0 Å². The van der Waals surface area contributed by atoms with Gasteiger partial charge < -0.3 is 9.88 Å². The van der Waals surface area contributed by atoms with Crippen molar-refractivity contribution in [3.8, 4) is 0 Å². The number of anilines is 2. The minimum absolute atomic E-state index is 0.680. The summed E-state index contributed by atoms with van der Waals surface area (Å²) in [6, 6.07) is 8.30. The molecule has 0 saturated heterocycles. The van der Waals surface area contributed by atoms with Crippen molar-refractivity contribution in [3.63, 3.8) is 0 Å². The highest BCUT2D eigenvalue weighted by Gasteiger charge is 2.11. The third-order valence-electron chi connectivity index (χ3n) is 2.94. The van der Waals surface area contributed by atoms with Crippen LogP contribution < -0.4 is 4.90 Å². The van der Waals surface area contributed by atoms with E-state index >= 15 is 0 Å². The molecule has 90 valence electrons. The summed E-state index contributed by atoms with van der Waals surface area (Å²) >= 11 is 0. The summed E-state index contributed by atoms with van der Waals surface area (Å²) in [4.78, 5) is 17.7. The van der Waals surface area contributed by atoms with Gasteiger partial charge in [-0.1, -0.05) is 17.7 Å². The van der Waals surface area contributed by atoms with Gasteiger partial charge in [0.15, 0.2) is 11.5 Å². The fourth-order valence-corrected chi connectivity index (χ4v) is 1.90. The molecule has 3 aromatic rings. The van der Waals surface area contributed by atoms with Gasteiger partial charge in [0.05, 0.1) is 6.33 Å². The highest BCUT2D eigenvalue weighted by Crippen LogP contribution is 2.25. The Bertz CT molecular complexity index is 671. The summed E-state index contributed by atoms with van der Waals surface area (Å²) in [6.07, 6.45) is 3.16. The standard InChI is InChI=1S/C13H13N5/c1-9-3-5-10(6-4-9)18(2)13-11-12(15-7-14-11)16-8-17-13/h3-8H,1-2H3,(H,14,15,16,17). The molecule has 5 heteroatoms. The average molecular weight is 239 g/mol. The van der Waals surface area contributed by atoms with Crippen molar-refractivity contribution in [2.75, 3.05) is 11.9 Å². The van der Waals surface area contributed by atoms with Gasteiger partial charge in [-0.2, -0.15) is 0 Å². The highest BCUT2D eigenvalue weighted by molar-refractivity contribution is 5.85. The van der Waals surface area contributed by atoms with Crippen molar-refractivity contribution in [3.05, 3.63) is 42.5 Å². The normalized spacial score (nSPS) is 10.8. The lowest BCUT2D eigenvalue weighted by molar-refractivity contribution is 1.10. The molecule has 0 saturated carbocycles. The second-order valence-electron chi connectivity index (χ2n) is 4.19. The molecule has 18 heavy (non-hydrogen) atoms. The predicted octanol–water partition coefficient (Wildman–Crippen LogP) is 2.43. The second kappa shape index (κ2) is 4.10. The molecule has 0 spiro atoms. The lowest BCUT2D eigenvalue weighted by Gasteiger charge is -2.18. The molecule has 2 heterocycles. The maximum Gasteiger partial charge on any atom is 0.182 e. The molecule has 1 aromatic carbocycles. The van der Waals surface area contributed by atoms with Crippen LogP contribution in [0, 0.1) is 6.92 Å². The molecular weight excluding hydrogens is 226 g/mol. The Morgan fingerprint density at radius 2 is 1.83 bits per heavy atom. The lowest BCUT2D eigenvalue weighted by atomic mass is 10.2. The molecule has 0 bridgehead atoms. The summed E-state index contributed by atoms with van der Waals surface area (Å²) in [7, 11) is 1.98. The van der Waals surface area contributed by atoms with Gasteiger partial charge in [-0.25, -0.2) is 15.0 Å². The number of benzene rings is 1. The van der Waals surface area contributed by atoms with E-state index in [0.717, 1.165) is 17.0 Å². The zero-order valence-electron chi connectivity index (χ0n) is 10.3. The number of nitrogens with zero attached hydrogens (tertiary/aromatic N) is 4. The molecule has 2 aromatic heterocycles. The summed E-state index contributed by atoms with van der Waals surface area (Å²) in [6.45, 7) is 2.07. The lowest BCUT2D eigenvalue weighted by Crippen LogP contribution is -2.11. The molecule has 0 atom stereocenters. The van der Waals surface area contributed by atoms with Crippen molar-refractivity contribution in [1.82, 2.24) is 19.9 Å². The number of aromatic nitrogens is 4. The van der Waals surface area contributed by atoms with Crippen LogP contribution in [0.15, 0.2) is 36.9 Å². The van der Waals surface area contributed by atoms with Crippen molar-refractivity contribution in [2.24, 2.45) is 0 Å². The van der Waals surface area contributed by atoms with Gasteiger partial charge in [-0.3, -0.25) is 0 Å². The fourth-order valence-electron chi connectivity index (χ4n) is 1.90. The summed E-state index contributed by atoms with van der Waals surface area (Å²) in [5, 5.41) is 0. The number of fused-ring (bicyclic) bond motifs is 1. The molecule has 5 nitrogen and oxygen atoms in total. The van der Waals surface area contributed by atoms with Crippen LogP contribution in [0.3, 0.4) is 0 Å². The molecule has 0 unspecified atom stereocenters. The minimum Gasteiger partial charge on any atom is -0.340 e. The largest absolute Gasteiger partial charge is 0.340 e. The van der Waals surface area contributed by atoms with Crippen LogP contribution >= 0.6 is 0 Å². The smallest absolute Gasteiger partial charge is 0.182 e. The first-order valence-corrected chi connectivity index (χ1v) is 5.70. The summed E-state index contributed by atoms with van der Waals surface area (Å²) in [5.74, 6) is 0.821. The van der Waals surface area contributed by atoms with E-state index in [1.807, 2.05) is 11.9 Å². The number of nitrogens with one attached hydrogen (secondary N) is 1. The summed E-state index contributed by atoms with van der Waals surface area (Å²) in [5.41, 5.74) is 3.84. The molecule has 1 N–H and O–H groups in total. The van der Waals surface area contributed by atoms with Gasteiger partial charge in [0.2, 0.25) is 0 Å². The first-order chi connectivity index (χ1) is 8.75. The Morgan fingerprint density at radius 3 is 2.61 bits per heavy atom. The van der Waals surface area contributed by atoms with Crippen LogP contribution in [0.5, 0.6) is 0 Å². The first kappa shape index (κ1) is 10.7. The molecule has 0 amide bonds. The number of hydrogen-bond donors (Lipinski definition) is 1. The Kier molecular flexibility index (Phi) is 2.44. The maximum absolute atomic E-state index is 4.32. The fraction of sp³-hybridized carbons (Fsp3) is 0.154. The Balaban J connectivity index is 2.08. The van der Waals surface area contributed by atoms with E-state index in [2.05, 4.69) is 51.1 Å². The van der Waals surface area contributed by atoms with E-state index < -0.39 is 0 Å². The van der Waals surface area contributed by atoms with Crippen LogP contribution in [0.4, 0.5) is 11.5 Å². The van der Waals surface area contributed by atoms with Gasteiger partial charge in [0.1, 0.15) is 11.8 Å². The maximum atomic E-state index is 4.32. The Labute approximate surface area is 105 Å². The van der Waals surface area contributed by atoms with Crippen LogP contribution in [-0.2, 0) is 0 Å². The van der Waals surface area contributed by atoms with E-state index in [1.165, 1.54) is 11.9 Å². The van der Waals surface area contributed by atoms with Crippen molar-refractivity contribution < 1.29 is 0 Å². The average Bonchev–Trinajstić information content (AvgIpc) is 2.87. The minimum atomic E-state index is 0.680. The first-order valence-electron chi connectivity index (χ1n) is 5.70. The molecule has 0 aliphatic carbocycles. The van der Waals surface area contributed by atoms with Gasteiger partial charge >= 0.3 is 0 Å². The van der Waals surface area contributed by atoms with E-state index in [1.54, 1.807) is 6.33 Å². The van der Waals surface area contributed by atoms with Gasteiger partial charge in [-0.05, 0) is 19.1 Å². The van der Waals surface area contributed by atoms with Crippen LogP contribution in [-0.4, -0.2) is 27.0 Å². The number of hydrogen-bond acceptors (Lipinski definition) is 4. The second-order valence-corrected chi connectivity index (χ2v) is 4.19. The van der Waals surface area contributed by atoms with Crippen LogP contribution in [0.25, 0.3) is 11.2 Å². The van der Waals surface area contributed by atoms with E-state index in [0.29, 0.717) is 5.65 Å². The number of rotatable bonds is 2. The van der Waals surface area contributed by atoms with E-state index in [9.17, 15) is 0 Å². The number of imidazole rings is 1. The van der Waals surface area contributed by atoms with Gasteiger partial charge in [0, 0.05) is 12.7 Å². The third-order valence-corrected chi connectivity index (χ3v) is 2.94. The zero-order valence-corrected chi connectivity index (χ0v) is 10.3. The van der Waals surface area contributed by atoms with Crippen LogP contribution in [0.1, 0.15) is 5.56 Å². The van der Waals surface area contributed by atoms with Crippen molar-refractivity contribution >= 4 is 22.7 Å². The van der Waals surface area contributed by atoms with E-state index in [4.69, 9.17) is 0 Å². The predicted molar refractivity (Wildman–Crippen MR) is 70.9 cm³/mol.